The number of aromatic nitrogens is 3. The summed E-state index contributed by atoms with van der Waals surface area (Å²) in [6, 6.07) is 0.332. The number of likely N-dealkylation sites (tertiary alicyclic amines) is 1. The number of hydrogen-bond acceptors (Lipinski definition) is 5. The van der Waals surface area contributed by atoms with E-state index >= 15 is 0 Å². The Hall–Kier alpha value is -2.35. The van der Waals surface area contributed by atoms with Crippen molar-refractivity contribution in [1.29, 1.82) is 0 Å². The van der Waals surface area contributed by atoms with Gasteiger partial charge in [0.05, 0.1) is 24.1 Å². The molecule has 2 aromatic heterocycles. The first-order valence-electron chi connectivity index (χ1n) is 8.53. The van der Waals surface area contributed by atoms with Gasteiger partial charge in [-0.05, 0) is 12.8 Å². The second-order valence-corrected chi connectivity index (χ2v) is 6.90. The van der Waals surface area contributed by atoms with Crippen LogP contribution in [0, 0.1) is 0 Å². The Kier molecular flexibility index (Phi) is 3.12. The number of carbonyl (C=O) groups is 1. The highest BCUT2D eigenvalue weighted by Gasteiger charge is 2.34. The fourth-order valence-corrected chi connectivity index (χ4v) is 3.53. The Bertz CT molecular complexity index is 758. The van der Waals surface area contributed by atoms with Gasteiger partial charge in [-0.3, -0.25) is 14.5 Å². The Labute approximate surface area is 139 Å². The van der Waals surface area contributed by atoms with Crippen molar-refractivity contribution in [2.75, 3.05) is 31.1 Å². The van der Waals surface area contributed by atoms with Crippen molar-refractivity contribution in [1.82, 2.24) is 25.2 Å². The van der Waals surface area contributed by atoms with Crippen LogP contribution < -0.4 is 10.2 Å². The topological polar surface area (TPSA) is 79.4 Å². The van der Waals surface area contributed by atoms with Gasteiger partial charge >= 0.3 is 6.03 Å². The molecule has 8 heteroatoms. The zero-order chi connectivity index (χ0) is 16.1. The molecule has 3 aliphatic rings. The number of carbonyl (C=O) groups excluding carboxylic acids is 1. The van der Waals surface area contributed by atoms with Crippen LogP contribution in [0.4, 0.5) is 10.5 Å². The molecule has 2 amide bonds. The van der Waals surface area contributed by atoms with Gasteiger partial charge in [-0.25, -0.2) is 4.79 Å². The molecule has 1 aliphatic carbocycles. The van der Waals surface area contributed by atoms with Crippen LogP contribution >= 0.6 is 0 Å². The summed E-state index contributed by atoms with van der Waals surface area (Å²) < 4.78 is 7.38. The van der Waals surface area contributed by atoms with E-state index < -0.39 is 0 Å². The first-order valence-corrected chi connectivity index (χ1v) is 8.53. The molecule has 8 nitrogen and oxygen atoms in total. The van der Waals surface area contributed by atoms with Crippen molar-refractivity contribution < 1.29 is 9.32 Å². The Morgan fingerprint density at radius 1 is 1.29 bits per heavy atom. The van der Waals surface area contributed by atoms with Crippen molar-refractivity contribution in [2.24, 2.45) is 0 Å². The van der Waals surface area contributed by atoms with Crippen molar-refractivity contribution >= 4 is 11.7 Å². The molecule has 1 N–H and O–H groups in total. The fourth-order valence-electron chi connectivity index (χ4n) is 3.53. The number of anilines is 1. The van der Waals surface area contributed by atoms with Gasteiger partial charge in [0.2, 0.25) is 0 Å². The van der Waals surface area contributed by atoms with E-state index in [1.807, 2.05) is 17.1 Å². The molecule has 126 valence electrons. The van der Waals surface area contributed by atoms with Gasteiger partial charge in [0, 0.05) is 50.4 Å². The largest absolute Gasteiger partial charge is 0.361 e. The number of urea groups is 1. The minimum absolute atomic E-state index is 0.0372. The average molecular weight is 328 g/mol. The number of amides is 2. The molecule has 2 aromatic rings. The van der Waals surface area contributed by atoms with Gasteiger partial charge in [-0.15, -0.1) is 0 Å². The third-order valence-corrected chi connectivity index (χ3v) is 5.09. The lowest BCUT2D eigenvalue weighted by Crippen LogP contribution is -2.47. The van der Waals surface area contributed by atoms with E-state index in [2.05, 4.69) is 20.5 Å². The van der Waals surface area contributed by atoms with Gasteiger partial charge in [0.25, 0.3) is 0 Å². The summed E-state index contributed by atoms with van der Waals surface area (Å²) in [5, 5.41) is 11.2. The van der Waals surface area contributed by atoms with Crippen LogP contribution in [0.1, 0.15) is 36.1 Å². The highest BCUT2D eigenvalue weighted by Crippen LogP contribution is 2.42. The summed E-state index contributed by atoms with van der Waals surface area (Å²) in [5.74, 6) is 1.68. The van der Waals surface area contributed by atoms with Crippen LogP contribution in [-0.4, -0.2) is 52.0 Å². The van der Waals surface area contributed by atoms with Gasteiger partial charge < -0.3 is 9.84 Å². The van der Waals surface area contributed by atoms with Gasteiger partial charge in [-0.2, -0.15) is 5.10 Å². The third-order valence-electron chi connectivity index (χ3n) is 5.09. The Balaban J connectivity index is 1.20. The highest BCUT2D eigenvalue weighted by atomic mass is 16.5. The first-order chi connectivity index (χ1) is 11.8. The lowest BCUT2D eigenvalue weighted by atomic mass is 10.1. The molecular weight excluding hydrogens is 308 g/mol. The van der Waals surface area contributed by atoms with Crippen LogP contribution in [0.15, 0.2) is 23.1 Å². The van der Waals surface area contributed by atoms with E-state index in [4.69, 9.17) is 4.52 Å². The maximum Gasteiger partial charge on any atom is 0.322 e. The van der Waals surface area contributed by atoms with Crippen LogP contribution in [0.25, 0.3) is 0 Å². The summed E-state index contributed by atoms with van der Waals surface area (Å²) in [5.41, 5.74) is 2.10. The predicted molar refractivity (Wildman–Crippen MR) is 85.8 cm³/mol. The molecule has 4 heterocycles. The van der Waals surface area contributed by atoms with E-state index in [1.54, 1.807) is 11.1 Å². The molecule has 0 unspecified atom stereocenters. The van der Waals surface area contributed by atoms with Gasteiger partial charge in [-0.1, -0.05) is 5.16 Å². The van der Waals surface area contributed by atoms with Crippen molar-refractivity contribution in [3.8, 4) is 0 Å². The minimum Gasteiger partial charge on any atom is -0.361 e. The van der Waals surface area contributed by atoms with Crippen LogP contribution in [0.5, 0.6) is 0 Å². The lowest BCUT2D eigenvalue weighted by Gasteiger charge is -2.39. The zero-order valence-corrected chi connectivity index (χ0v) is 13.4. The van der Waals surface area contributed by atoms with Gasteiger partial charge in [0.1, 0.15) is 5.76 Å². The molecule has 0 spiro atoms. The maximum atomic E-state index is 11.7. The monoisotopic (exact) mass is 328 g/mol. The molecule has 0 atom stereocenters. The molecule has 0 radical (unpaired) electrons. The molecule has 0 aromatic carbocycles. The summed E-state index contributed by atoms with van der Waals surface area (Å²) >= 11 is 0. The highest BCUT2D eigenvalue weighted by molar-refractivity contribution is 5.93. The fraction of sp³-hybridized carbons (Fsp3) is 0.562. The molecule has 2 saturated heterocycles. The Morgan fingerprint density at radius 2 is 2.17 bits per heavy atom. The standard InChI is InChI=1S/C16H20N6O2/c23-16-17-3-4-21(16)13-6-18-22(10-13)14-8-20(9-14)7-12-5-19-24-15(12)11-1-2-11/h5-6,10-11,14H,1-4,7-9H2,(H,17,23). The maximum absolute atomic E-state index is 11.7. The van der Waals surface area contributed by atoms with Crippen molar-refractivity contribution in [3.63, 3.8) is 0 Å². The molecule has 24 heavy (non-hydrogen) atoms. The number of rotatable bonds is 5. The number of hydrogen-bond donors (Lipinski definition) is 1. The average Bonchev–Trinajstić information content (AvgIpc) is 2.95. The molecular formula is C16H20N6O2. The third kappa shape index (κ3) is 2.37. The minimum atomic E-state index is -0.0372. The van der Waals surface area contributed by atoms with Crippen LogP contribution in [-0.2, 0) is 6.54 Å². The Morgan fingerprint density at radius 3 is 2.92 bits per heavy atom. The smallest absolute Gasteiger partial charge is 0.322 e. The van der Waals surface area contributed by atoms with Gasteiger partial charge in [0.15, 0.2) is 0 Å². The van der Waals surface area contributed by atoms with E-state index in [-0.39, 0.29) is 6.03 Å². The lowest BCUT2D eigenvalue weighted by molar-refractivity contribution is 0.0903. The van der Waals surface area contributed by atoms with E-state index in [0.29, 0.717) is 25.0 Å². The number of nitrogens with zero attached hydrogens (tertiary/aromatic N) is 5. The quantitative estimate of drug-likeness (QED) is 0.896. The van der Waals surface area contributed by atoms with Crippen molar-refractivity contribution in [2.45, 2.75) is 31.3 Å². The normalized spacial score (nSPS) is 22.0. The molecule has 0 bridgehead atoms. The summed E-state index contributed by atoms with van der Waals surface area (Å²) in [4.78, 5) is 15.8. The van der Waals surface area contributed by atoms with E-state index in [9.17, 15) is 4.79 Å². The predicted octanol–water partition coefficient (Wildman–Crippen LogP) is 1.33. The van der Waals surface area contributed by atoms with E-state index in [1.165, 1.54) is 18.4 Å². The molecule has 5 rings (SSSR count). The molecule has 2 aliphatic heterocycles. The molecule has 3 fully saturated rings. The van der Waals surface area contributed by atoms with Crippen LogP contribution in [0.2, 0.25) is 0 Å². The van der Waals surface area contributed by atoms with Crippen LogP contribution in [0.3, 0.4) is 0 Å². The number of nitrogens with one attached hydrogen (secondary N) is 1. The SMILES string of the molecule is O=C1NCCN1c1cnn(C2CN(Cc3cnoc3C3CC3)C2)c1. The van der Waals surface area contributed by atoms with Crippen molar-refractivity contribution in [3.05, 3.63) is 29.9 Å². The summed E-state index contributed by atoms with van der Waals surface area (Å²) in [6.45, 7) is 4.22. The zero-order valence-electron chi connectivity index (χ0n) is 13.4. The first kappa shape index (κ1) is 14.0. The molecule has 1 saturated carbocycles. The summed E-state index contributed by atoms with van der Waals surface area (Å²) in [6.07, 6.45) is 8.07. The second-order valence-electron chi connectivity index (χ2n) is 6.90. The summed E-state index contributed by atoms with van der Waals surface area (Å²) in [7, 11) is 0. The van der Waals surface area contributed by atoms with E-state index in [0.717, 1.165) is 31.1 Å². The second kappa shape index (κ2) is 5.34.